The van der Waals surface area contributed by atoms with E-state index in [9.17, 15) is 19.8 Å². The quantitative estimate of drug-likeness (QED) is 0.862. The first-order valence-electron chi connectivity index (χ1n) is 6.89. The van der Waals surface area contributed by atoms with Gasteiger partial charge in [0.1, 0.15) is 6.04 Å². The second kappa shape index (κ2) is 5.18. The van der Waals surface area contributed by atoms with E-state index >= 15 is 0 Å². The number of likely N-dealkylation sites (tertiary alicyclic amines) is 1. The van der Waals surface area contributed by atoms with Gasteiger partial charge in [-0.25, -0.2) is 4.79 Å². The van der Waals surface area contributed by atoms with Crippen LogP contribution in [0.3, 0.4) is 0 Å². The molecule has 1 amide bonds. The summed E-state index contributed by atoms with van der Waals surface area (Å²) in [6, 6.07) is -0.906. The third kappa shape index (κ3) is 2.23. The fourth-order valence-corrected chi connectivity index (χ4v) is 4.22. The average Bonchev–Trinajstić information content (AvgIpc) is 3.01. The molecule has 6 heteroatoms. The number of aliphatic hydroxyl groups is 1. The Morgan fingerprint density at radius 1 is 1.30 bits per heavy atom. The molecular weight excluding hydrogens is 278 g/mol. The molecule has 1 aromatic rings. The molecule has 1 saturated heterocycles. The van der Waals surface area contributed by atoms with Crippen LogP contribution in [0.15, 0.2) is 5.38 Å². The Morgan fingerprint density at radius 2 is 2.05 bits per heavy atom. The van der Waals surface area contributed by atoms with Gasteiger partial charge in [0.2, 0.25) is 0 Å². The molecule has 1 aliphatic carbocycles. The number of thiophene rings is 1. The summed E-state index contributed by atoms with van der Waals surface area (Å²) in [4.78, 5) is 26.4. The Bertz CT molecular complexity index is 553. The van der Waals surface area contributed by atoms with Gasteiger partial charge in [-0.05, 0) is 31.2 Å². The maximum absolute atomic E-state index is 12.6. The van der Waals surface area contributed by atoms with Gasteiger partial charge in [-0.3, -0.25) is 4.79 Å². The Kier molecular flexibility index (Phi) is 3.52. The first-order valence-corrected chi connectivity index (χ1v) is 7.77. The number of carboxylic acid groups (broad SMARTS) is 1. The average molecular weight is 295 g/mol. The Hall–Kier alpha value is -1.40. The van der Waals surface area contributed by atoms with Crippen molar-refractivity contribution in [2.75, 3.05) is 6.54 Å². The molecule has 1 fully saturated rings. The maximum Gasteiger partial charge on any atom is 0.326 e. The summed E-state index contributed by atoms with van der Waals surface area (Å²) >= 11 is 1.59. The molecule has 5 nitrogen and oxygen atoms in total. The van der Waals surface area contributed by atoms with Crippen molar-refractivity contribution in [3.63, 3.8) is 0 Å². The standard InChI is InChI=1S/C14H17NO4S/c16-8-5-11(14(18)19)15(6-8)13(17)10-7-20-12-4-2-1-3-9(10)12/h7-8,11,16H,1-6H2,(H,18,19)/t8-,11+/m1/s1. The van der Waals surface area contributed by atoms with Crippen LogP contribution >= 0.6 is 11.3 Å². The van der Waals surface area contributed by atoms with Crippen LogP contribution in [-0.2, 0) is 17.6 Å². The highest BCUT2D eigenvalue weighted by Gasteiger charge is 2.40. The molecule has 108 valence electrons. The number of hydrogen-bond acceptors (Lipinski definition) is 4. The van der Waals surface area contributed by atoms with Crippen LogP contribution < -0.4 is 0 Å². The van der Waals surface area contributed by atoms with E-state index in [1.165, 1.54) is 9.78 Å². The minimum Gasteiger partial charge on any atom is -0.480 e. The SMILES string of the molecule is O=C(O)[C@@H]1C[C@@H](O)CN1C(=O)c1csc2c1CCCC2. The fraction of sp³-hybridized carbons (Fsp3) is 0.571. The van der Waals surface area contributed by atoms with Crippen LogP contribution in [0.25, 0.3) is 0 Å². The molecule has 0 unspecified atom stereocenters. The first kappa shape index (κ1) is 13.6. The second-order valence-electron chi connectivity index (χ2n) is 5.46. The van der Waals surface area contributed by atoms with Crippen molar-refractivity contribution in [3.8, 4) is 0 Å². The van der Waals surface area contributed by atoms with Crippen molar-refractivity contribution in [1.82, 2.24) is 4.90 Å². The molecule has 2 heterocycles. The highest BCUT2D eigenvalue weighted by molar-refractivity contribution is 7.10. The number of nitrogens with zero attached hydrogens (tertiary/aromatic N) is 1. The molecule has 1 aromatic heterocycles. The van der Waals surface area contributed by atoms with Crippen LogP contribution in [0.1, 0.15) is 40.1 Å². The highest BCUT2D eigenvalue weighted by Crippen LogP contribution is 2.32. The van der Waals surface area contributed by atoms with Gasteiger partial charge in [-0.15, -0.1) is 11.3 Å². The summed E-state index contributed by atoms with van der Waals surface area (Å²) in [5, 5.41) is 20.7. The largest absolute Gasteiger partial charge is 0.480 e. The number of carbonyl (C=O) groups is 2. The Morgan fingerprint density at radius 3 is 2.80 bits per heavy atom. The van der Waals surface area contributed by atoms with Gasteiger partial charge < -0.3 is 15.1 Å². The molecule has 0 spiro atoms. The number of carboxylic acids is 1. The zero-order valence-corrected chi connectivity index (χ0v) is 11.9. The second-order valence-corrected chi connectivity index (χ2v) is 6.42. The predicted octanol–water partition coefficient (Wildman–Crippen LogP) is 1.29. The molecule has 2 N–H and O–H groups in total. The van der Waals surface area contributed by atoms with E-state index in [4.69, 9.17) is 0 Å². The lowest BCUT2D eigenvalue weighted by atomic mass is 9.95. The molecule has 0 bridgehead atoms. The third-order valence-corrected chi connectivity index (χ3v) is 5.21. The van der Waals surface area contributed by atoms with E-state index in [0.29, 0.717) is 5.56 Å². The zero-order chi connectivity index (χ0) is 14.3. The summed E-state index contributed by atoms with van der Waals surface area (Å²) in [6.07, 6.45) is 3.52. The Labute approximate surface area is 120 Å². The lowest BCUT2D eigenvalue weighted by Gasteiger charge is -2.22. The van der Waals surface area contributed by atoms with Crippen molar-refractivity contribution in [1.29, 1.82) is 0 Å². The first-order chi connectivity index (χ1) is 9.58. The summed E-state index contributed by atoms with van der Waals surface area (Å²) in [7, 11) is 0. The summed E-state index contributed by atoms with van der Waals surface area (Å²) in [6.45, 7) is 0.112. The topological polar surface area (TPSA) is 77.8 Å². The van der Waals surface area contributed by atoms with Gasteiger partial charge in [-0.2, -0.15) is 0 Å². The van der Waals surface area contributed by atoms with Gasteiger partial charge in [-0.1, -0.05) is 0 Å². The number of β-amino-alcohol motifs (C(OH)–C–C–N with tert-alkyl or cyclic N) is 1. The molecule has 20 heavy (non-hydrogen) atoms. The number of rotatable bonds is 2. The van der Waals surface area contributed by atoms with Gasteiger partial charge >= 0.3 is 5.97 Å². The third-order valence-electron chi connectivity index (χ3n) is 4.12. The van der Waals surface area contributed by atoms with Crippen molar-refractivity contribution in [3.05, 3.63) is 21.4 Å². The van der Waals surface area contributed by atoms with Crippen LogP contribution in [0.5, 0.6) is 0 Å². The Balaban J connectivity index is 1.88. The molecule has 3 rings (SSSR count). The normalized spacial score (nSPS) is 25.6. The van der Waals surface area contributed by atoms with Gasteiger partial charge in [0.05, 0.1) is 11.7 Å². The van der Waals surface area contributed by atoms with Crippen molar-refractivity contribution >= 4 is 23.2 Å². The van der Waals surface area contributed by atoms with E-state index in [1.807, 2.05) is 5.38 Å². The minimum absolute atomic E-state index is 0.112. The number of amides is 1. The van der Waals surface area contributed by atoms with Crippen LogP contribution in [-0.4, -0.2) is 45.7 Å². The number of aliphatic carboxylic acids is 1. The number of aryl methyl sites for hydroxylation is 1. The smallest absolute Gasteiger partial charge is 0.326 e. The van der Waals surface area contributed by atoms with E-state index in [2.05, 4.69) is 0 Å². The lowest BCUT2D eigenvalue weighted by molar-refractivity contribution is -0.141. The molecule has 2 aliphatic rings. The van der Waals surface area contributed by atoms with Gasteiger partial charge in [0, 0.05) is 23.2 Å². The number of carbonyl (C=O) groups excluding carboxylic acids is 1. The van der Waals surface area contributed by atoms with Crippen molar-refractivity contribution < 1.29 is 19.8 Å². The van der Waals surface area contributed by atoms with Gasteiger partial charge in [0.15, 0.2) is 0 Å². The molecule has 1 aliphatic heterocycles. The van der Waals surface area contributed by atoms with Crippen LogP contribution in [0, 0.1) is 0 Å². The molecule has 0 saturated carbocycles. The van der Waals surface area contributed by atoms with Gasteiger partial charge in [0.25, 0.3) is 5.91 Å². The van der Waals surface area contributed by atoms with Crippen LogP contribution in [0.2, 0.25) is 0 Å². The summed E-state index contributed by atoms with van der Waals surface area (Å²) in [5.41, 5.74) is 1.74. The molecular formula is C14H17NO4S. The number of hydrogen-bond donors (Lipinski definition) is 2. The minimum atomic E-state index is -1.04. The number of aliphatic hydroxyl groups excluding tert-OH is 1. The number of fused-ring (bicyclic) bond motifs is 1. The van der Waals surface area contributed by atoms with Crippen molar-refractivity contribution in [2.45, 2.75) is 44.2 Å². The van der Waals surface area contributed by atoms with E-state index in [0.717, 1.165) is 31.2 Å². The van der Waals surface area contributed by atoms with E-state index < -0.39 is 18.1 Å². The molecule has 0 aromatic carbocycles. The van der Waals surface area contributed by atoms with E-state index in [-0.39, 0.29) is 18.9 Å². The van der Waals surface area contributed by atoms with Crippen LogP contribution in [0.4, 0.5) is 0 Å². The van der Waals surface area contributed by atoms with Crippen molar-refractivity contribution in [2.24, 2.45) is 0 Å². The summed E-state index contributed by atoms with van der Waals surface area (Å²) < 4.78 is 0. The molecule has 0 radical (unpaired) electrons. The maximum atomic E-state index is 12.6. The zero-order valence-electron chi connectivity index (χ0n) is 11.0. The monoisotopic (exact) mass is 295 g/mol. The molecule has 2 atom stereocenters. The highest BCUT2D eigenvalue weighted by atomic mass is 32.1. The predicted molar refractivity (Wildman–Crippen MR) is 74.0 cm³/mol. The fourth-order valence-electron chi connectivity index (χ4n) is 3.10. The van der Waals surface area contributed by atoms with E-state index in [1.54, 1.807) is 11.3 Å². The lowest BCUT2D eigenvalue weighted by Crippen LogP contribution is -2.40. The summed E-state index contributed by atoms with van der Waals surface area (Å²) in [5.74, 6) is -1.28.